The van der Waals surface area contributed by atoms with E-state index in [9.17, 15) is 0 Å². The maximum absolute atomic E-state index is 5.81. The minimum absolute atomic E-state index is 0.0760. The number of hydrogen-bond acceptors (Lipinski definition) is 0. The van der Waals surface area contributed by atoms with Gasteiger partial charge >= 0.3 is 0 Å². The van der Waals surface area contributed by atoms with Crippen LogP contribution in [0.15, 0.2) is 23.3 Å². The summed E-state index contributed by atoms with van der Waals surface area (Å²) in [6.07, 6.45) is 23.4. The third-order valence-electron chi connectivity index (χ3n) is 4.48. The van der Waals surface area contributed by atoms with E-state index in [2.05, 4.69) is 25.0 Å². The quantitative estimate of drug-likeness (QED) is 0.447. The fraction of sp³-hybridized carbons (Fsp3) is 0.667. The summed E-state index contributed by atoms with van der Waals surface area (Å²) in [5, 5.41) is 0. The van der Waals surface area contributed by atoms with Crippen LogP contribution in [0.1, 0.15) is 71.1 Å². The highest BCUT2D eigenvalue weighted by atomic mass is 14.3. The van der Waals surface area contributed by atoms with Crippen molar-refractivity contribution in [3.05, 3.63) is 23.3 Å². The number of allylic oxidation sites excluding steroid dienone is 4. The molecule has 0 aromatic heterocycles. The van der Waals surface area contributed by atoms with Crippen molar-refractivity contribution in [2.24, 2.45) is 5.41 Å². The molecule has 0 aliphatic heterocycles. The molecular formula is C18H26. The van der Waals surface area contributed by atoms with Crippen LogP contribution in [0.3, 0.4) is 0 Å². The second-order valence-electron chi connectivity index (χ2n) is 6.24. The van der Waals surface area contributed by atoms with Crippen molar-refractivity contribution in [2.75, 3.05) is 0 Å². The molecule has 0 heterocycles. The highest BCUT2D eigenvalue weighted by Gasteiger charge is 2.24. The molecule has 0 aromatic rings. The van der Waals surface area contributed by atoms with Gasteiger partial charge in [-0.1, -0.05) is 29.2 Å². The van der Waals surface area contributed by atoms with Crippen molar-refractivity contribution in [3.63, 3.8) is 0 Å². The summed E-state index contributed by atoms with van der Waals surface area (Å²) in [7, 11) is 0. The van der Waals surface area contributed by atoms with Gasteiger partial charge in [0.25, 0.3) is 0 Å². The molecule has 0 heteroatoms. The van der Waals surface area contributed by atoms with Crippen LogP contribution in [0.5, 0.6) is 0 Å². The minimum Gasteiger partial charge on any atom is -0.120 e. The first-order chi connectivity index (χ1) is 8.72. The zero-order valence-electron chi connectivity index (χ0n) is 11.8. The van der Waals surface area contributed by atoms with E-state index in [1.807, 2.05) is 0 Å². The summed E-state index contributed by atoms with van der Waals surface area (Å²) < 4.78 is 0. The molecule has 0 radical (unpaired) electrons. The second-order valence-corrected chi connectivity index (χ2v) is 6.24. The molecule has 0 fully saturated rings. The molecule has 0 spiro atoms. The Morgan fingerprint density at radius 2 is 1.83 bits per heavy atom. The number of hydrogen-bond donors (Lipinski definition) is 0. The Kier molecular flexibility index (Phi) is 4.70. The SMILES string of the molecule is C#CC(C)(CCC1=CCCC1)CC1=CCCCC1. The molecule has 1 unspecified atom stereocenters. The van der Waals surface area contributed by atoms with E-state index in [4.69, 9.17) is 6.42 Å². The van der Waals surface area contributed by atoms with E-state index < -0.39 is 0 Å². The molecular weight excluding hydrogens is 216 g/mol. The van der Waals surface area contributed by atoms with Crippen molar-refractivity contribution in [2.45, 2.75) is 71.1 Å². The van der Waals surface area contributed by atoms with E-state index in [0.29, 0.717) is 0 Å². The maximum atomic E-state index is 5.81. The van der Waals surface area contributed by atoms with Crippen LogP contribution in [-0.4, -0.2) is 0 Å². The van der Waals surface area contributed by atoms with E-state index in [1.54, 1.807) is 11.1 Å². The molecule has 2 rings (SSSR count). The molecule has 2 aliphatic rings. The first kappa shape index (κ1) is 13.5. The Hall–Kier alpha value is -0.960. The molecule has 0 amide bonds. The Bertz CT molecular complexity index is 377. The van der Waals surface area contributed by atoms with Crippen molar-refractivity contribution in [1.29, 1.82) is 0 Å². The molecule has 0 saturated carbocycles. The lowest BCUT2D eigenvalue weighted by Crippen LogP contribution is -2.16. The molecule has 0 N–H and O–H groups in total. The van der Waals surface area contributed by atoms with Crippen LogP contribution >= 0.6 is 0 Å². The van der Waals surface area contributed by atoms with Crippen molar-refractivity contribution >= 4 is 0 Å². The Morgan fingerprint density at radius 3 is 2.44 bits per heavy atom. The van der Waals surface area contributed by atoms with Crippen LogP contribution in [0.4, 0.5) is 0 Å². The van der Waals surface area contributed by atoms with Crippen molar-refractivity contribution < 1.29 is 0 Å². The Labute approximate surface area is 113 Å². The summed E-state index contributed by atoms with van der Waals surface area (Å²) >= 11 is 0. The average molecular weight is 242 g/mol. The molecule has 98 valence electrons. The minimum atomic E-state index is 0.0760. The van der Waals surface area contributed by atoms with Gasteiger partial charge in [-0.3, -0.25) is 0 Å². The molecule has 18 heavy (non-hydrogen) atoms. The third-order valence-corrected chi connectivity index (χ3v) is 4.48. The summed E-state index contributed by atoms with van der Waals surface area (Å²) in [6.45, 7) is 2.28. The largest absolute Gasteiger partial charge is 0.120 e. The summed E-state index contributed by atoms with van der Waals surface area (Å²) in [5.41, 5.74) is 3.34. The van der Waals surface area contributed by atoms with Gasteiger partial charge in [0.05, 0.1) is 0 Å². The zero-order chi connectivity index (χ0) is 12.8. The summed E-state index contributed by atoms with van der Waals surface area (Å²) in [4.78, 5) is 0. The Balaban J connectivity index is 1.88. The van der Waals surface area contributed by atoms with Gasteiger partial charge in [-0.05, 0) is 71.1 Å². The molecule has 0 aromatic carbocycles. The maximum Gasteiger partial charge on any atom is 0.0324 e. The Morgan fingerprint density at radius 1 is 1.11 bits per heavy atom. The number of rotatable bonds is 5. The zero-order valence-corrected chi connectivity index (χ0v) is 11.8. The molecule has 0 bridgehead atoms. The normalized spacial score (nSPS) is 22.9. The second kappa shape index (κ2) is 6.28. The standard InChI is InChI=1S/C18H26/c1-3-18(2,14-13-16-9-7-8-10-16)15-17-11-5-4-6-12-17/h1,9,11H,4-8,10,12-15H2,2H3. The van der Waals surface area contributed by atoms with Gasteiger partial charge < -0.3 is 0 Å². The lowest BCUT2D eigenvalue weighted by atomic mass is 9.77. The summed E-state index contributed by atoms with van der Waals surface area (Å²) in [5.74, 6) is 3.08. The average Bonchev–Trinajstić information content (AvgIpc) is 2.91. The van der Waals surface area contributed by atoms with E-state index >= 15 is 0 Å². The van der Waals surface area contributed by atoms with Crippen LogP contribution in [0.2, 0.25) is 0 Å². The van der Waals surface area contributed by atoms with Gasteiger partial charge in [0.15, 0.2) is 0 Å². The third kappa shape index (κ3) is 3.77. The number of terminal acetylenes is 1. The molecule has 1 atom stereocenters. The van der Waals surface area contributed by atoms with Crippen LogP contribution in [-0.2, 0) is 0 Å². The van der Waals surface area contributed by atoms with Gasteiger partial charge in [-0.2, -0.15) is 0 Å². The van der Waals surface area contributed by atoms with Crippen molar-refractivity contribution in [3.8, 4) is 12.3 Å². The molecule has 0 nitrogen and oxygen atoms in total. The van der Waals surface area contributed by atoms with Crippen LogP contribution in [0.25, 0.3) is 0 Å². The molecule has 2 aliphatic carbocycles. The van der Waals surface area contributed by atoms with Crippen LogP contribution in [0, 0.1) is 17.8 Å². The fourth-order valence-electron chi connectivity index (χ4n) is 3.18. The summed E-state index contributed by atoms with van der Waals surface area (Å²) in [6, 6.07) is 0. The lowest BCUT2D eigenvalue weighted by molar-refractivity contribution is 0.396. The van der Waals surface area contributed by atoms with Crippen LogP contribution < -0.4 is 0 Å². The smallest absolute Gasteiger partial charge is 0.0324 e. The van der Waals surface area contributed by atoms with Gasteiger partial charge in [-0.25, -0.2) is 0 Å². The topological polar surface area (TPSA) is 0 Å². The highest BCUT2D eigenvalue weighted by molar-refractivity contribution is 5.17. The monoisotopic (exact) mass is 242 g/mol. The van der Waals surface area contributed by atoms with E-state index in [1.165, 1.54) is 51.4 Å². The van der Waals surface area contributed by atoms with E-state index in [-0.39, 0.29) is 5.41 Å². The first-order valence-electron chi connectivity index (χ1n) is 7.55. The predicted octanol–water partition coefficient (Wildman–Crippen LogP) is 5.41. The first-order valence-corrected chi connectivity index (χ1v) is 7.55. The van der Waals surface area contributed by atoms with Gasteiger partial charge in [0, 0.05) is 5.41 Å². The van der Waals surface area contributed by atoms with E-state index in [0.717, 1.165) is 12.8 Å². The molecule has 0 saturated heterocycles. The van der Waals surface area contributed by atoms with Gasteiger partial charge in [-0.15, -0.1) is 6.42 Å². The fourth-order valence-corrected chi connectivity index (χ4v) is 3.18. The lowest BCUT2D eigenvalue weighted by Gasteiger charge is -2.26. The van der Waals surface area contributed by atoms with Crippen molar-refractivity contribution in [1.82, 2.24) is 0 Å². The van der Waals surface area contributed by atoms with Gasteiger partial charge in [0.1, 0.15) is 0 Å². The van der Waals surface area contributed by atoms with Gasteiger partial charge in [0.2, 0.25) is 0 Å². The predicted molar refractivity (Wildman–Crippen MR) is 79.3 cm³/mol. The highest BCUT2D eigenvalue weighted by Crippen LogP contribution is 2.36.